The second kappa shape index (κ2) is 5.64. The highest BCUT2D eigenvalue weighted by molar-refractivity contribution is 5.73. The van der Waals surface area contributed by atoms with Gasteiger partial charge in [0.1, 0.15) is 0 Å². The van der Waals surface area contributed by atoms with E-state index in [4.69, 9.17) is 0 Å². The maximum atomic E-state index is 11.2. The molecular weight excluding hydrogens is 202 g/mol. The van der Waals surface area contributed by atoms with Crippen molar-refractivity contribution in [2.45, 2.75) is 19.8 Å². The Bertz CT molecular complexity index is 230. The summed E-state index contributed by atoms with van der Waals surface area (Å²) in [6.07, 6.45) is 2.68. The average Bonchev–Trinajstić information content (AvgIpc) is 2.31. The van der Waals surface area contributed by atoms with Gasteiger partial charge >= 0.3 is 0 Å². The normalized spacial score (nSPS) is 28.1. The van der Waals surface area contributed by atoms with E-state index in [1.165, 1.54) is 32.5 Å². The molecule has 1 unspecified atom stereocenters. The van der Waals surface area contributed by atoms with E-state index in [1.807, 2.05) is 4.90 Å². The first kappa shape index (κ1) is 11.9. The average molecular weight is 225 g/mol. The van der Waals surface area contributed by atoms with Crippen LogP contribution < -0.4 is 5.32 Å². The molecule has 4 nitrogen and oxygen atoms in total. The summed E-state index contributed by atoms with van der Waals surface area (Å²) in [7, 11) is 0. The topological polar surface area (TPSA) is 35.6 Å². The largest absolute Gasteiger partial charge is 0.340 e. The molecule has 0 aromatic rings. The van der Waals surface area contributed by atoms with Gasteiger partial charge in [-0.2, -0.15) is 0 Å². The fourth-order valence-corrected chi connectivity index (χ4v) is 2.69. The van der Waals surface area contributed by atoms with Gasteiger partial charge in [0.15, 0.2) is 0 Å². The third kappa shape index (κ3) is 3.19. The van der Waals surface area contributed by atoms with E-state index in [1.54, 1.807) is 6.92 Å². The van der Waals surface area contributed by atoms with Crippen LogP contribution in [-0.2, 0) is 4.79 Å². The van der Waals surface area contributed by atoms with Crippen LogP contribution in [0, 0.1) is 5.92 Å². The number of carbonyl (C=O) groups is 1. The number of piperazine rings is 1. The molecule has 1 N–H and O–H groups in total. The molecule has 1 amide bonds. The van der Waals surface area contributed by atoms with Gasteiger partial charge in [-0.1, -0.05) is 0 Å². The smallest absolute Gasteiger partial charge is 0.219 e. The van der Waals surface area contributed by atoms with Crippen LogP contribution in [0.3, 0.4) is 0 Å². The monoisotopic (exact) mass is 225 g/mol. The standard InChI is InChI=1S/C12H23N3O/c1-11(16)15-7-5-14(6-8-15)10-12-3-2-4-13-9-12/h12-13H,2-10H2,1H3. The number of piperidine rings is 1. The van der Waals surface area contributed by atoms with Crippen molar-refractivity contribution in [1.82, 2.24) is 15.1 Å². The van der Waals surface area contributed by atoms with Crippen LogP contribution in [-0.4, -0.2) is 61.5 Å². The third-order valence-corrected chi connectivity index (χ3v) is 3.73. The molecule has 2 rings (SSSR count). The number of hydrogen-bond acceptors (Lipinski definition) is 3. The molecule has 1 atom stereocenters. The van der Waals surface area contributed by atoms with Crippen molar-refractivity contribution in [3.63, 3.8) is 0 Å². The Morgan fingerprint density at radius 2 is 2.06 bits per heavy atom. The minimum atomic E-state index is 0.221. The van der Waals surface area contributed by atoms with Crippen molar-refractivity contribution in [1.29, 1.82) is 0 Å². The van der Waals surface area contributed by atoms with Gasteiger partial charge in [-0.05, 0) is 31.8 Å². The van der Waals surface area contributed by atoms with E-state index in [0.717, 1.165) is 32.1 Å². The first-order valence-electron chi connectivity index (χ1n) is 6.44. The predicted molar refractivity (Wildman–Crippen MR) is 64.3 cm³/mol. The Morgan fingerprint density at radius 3 is 2.62 bits per heavy atom. The fourth-order valence-electron chi connectivity index (χ4n) is 2.69. The fraction of sp³-hybridized carbons (Fsp3) is 0.917. The van der Waals surface area contributed by atoms with E-state index in [0.29, 0.717) is 0 Å². The molecule has 0 saturated carbocycles. The second-order valence-corrected chi connectivity index (χ2v) is 5.02. The van der Waals surface area contributed by atoms with Gasteiger partial charge in [0.2, 0.25) is 5.91 Å². The summed E-state index contributed by atoms with van der Waals surface area (Å²) < 4.78 is 0. The quantitative estimate of drug-likeness (QED) is 0.726. The Kier molecular flexibility index (Phi) is 4.18. The zero-order valence-corrected chi connectivity index (χ0v) is 10.2. The van der Waals surface area contributed by atoms with Crippen molar-refractivity contribution < 1.29 is 4.79 Å². The molecule has 92 valence electrons. The Balaban J connectivity index is 1.70. The van der Waals surface area contributed by atoms with E-state index in [2.05, 4.69) is 10.2 Å². The molecule has 0 spiro atoms. The van der Waals surface area contributed by atoms with Gasteiger partial charge in [0.25, 0.3) is 0 Å². The van der Waals surface area contributed by atoms with E-state index in [9.17, 15) is 4.79 Å². The first-order valence-corrected chi connectivity index (χ1v) is 6.44. The summed E-state index contributed by atoms with van der Waals surface area (Å²) in [6.45, 7) is 9.16. The summed E-state index contributed by atoms with van der Waals surface area (Å²) in [5.41, 5.74) is 0. The summed E-state index contributed by atoms with van der Waals surface area (Å²) in [5.74, 6) is 1.04. The zero-order chi connectivity index (χ0) is 11.4. The van der Waals surface area contributed by atoms with Gasteiger partial charge in [0.05, 0.1) is 0 Å². The highest BCUT2D eigenvalue weighted by Gasteiger charge is 2.22. The third-order valence-electron chi connectivity index (χ3n) is 3.73. The molecule has 4 heteroatoms. The maximum Gasteiger partial charge on any atom is 0.219 e. The lowest BCUT2D eigenvalue weighted by molar-refractivity contribution is -0.130. The summed E-state index contributed by atoms with van der Waals surface area (Å²) in [5, 5.41) is 3.46. The van der Waals surface area contributed by atoms with Crippen LogP contribution in [0.15, 0.2) is 0 Å². The number of carbonyl (C=O) groups excluding carboxylic acids is 1. The number of nitrogens with zero attached hydrogens (tertiary/aromatic N) is 2. The molecule has 2 heterocycles. The van der Waals surface area contributed by atoms with Crippen molar-refractivity contribution >= 4 is 5.91 Å². The first-order chi connectivity index (χ1) is 7.75. The highest BCUT2D eigenvalue weighted by Crippen LogP contribution is 2.13. The molecule has 0 radical (unpaired) electrons. The van der Waals surface area contributed by atoms with Crippen LogP contribution in [0.1, 0.15) is 19.8 Å². The minimum absolute atomic E-state index is 0.221. The van der Waals surface area contributed by atoms with Gasteiger partial charge in [0, 0.05) is 39.6 Å². The van der Waals surface area contributed by atoms with Gasteiger partial charge in [-0.3, -0.25) is 9.69 Å². The molecule has 2 fully saturated rings. The zero-order valence-electron chi connectivity index (χ0n) is 10.2. The van der Waals surface area contributed by atoms with Crippen LogP contribution >= 0.6 is 0 Å². The Morgan fingerprint density at radius 1 is 1.31 bits per heavy atom. The van der Waals surface area contributed by atoms with Crippen molar-refractivity contribution in [3.05, 3.63) is 0 Å². The molecular formula is C12H23N3O. The van der Waals surface area contributed by atoms with Gasteiger partial charge in [-0.25, -0.2) is 0 Å². The van der Waals surface area contributed by atoms with E-state index >= 15 is 0 Å². The van der Waals surface area contributed by atoms with Gasteiger partial charge in [-0.15, -0.1) is 0 Å². The summed E-state index contributed by atoms with van der Waals surface area (Å²) in [6, 6.07) is 0. The van der Waals surface area contributed by atoms with Crippen LogP contribution in [0.5, 0.6) is 0 Å². The number of hydrogen-bond donors (Lipinski definition) is 1. The van der Waals surface area contributed by atoms with Gasteiger partial charge < -0.3 is 10.2 Å². The maximum absolute atomic E-state index is 11.2. The Labute approximate surface area is 98.0 Å². The second-order valence-electron chi connectivity index (χ2n) is 5.02. The number of nitrogens with one attached hydrogen (secondary N) is 1. The van der Waals surface area contributed by atoms with Crippen molar-refractivity contribution in [2.24, 2.45) is 5.92 Å². The van der Waals surface area contributed by atoms with E-state index in [-0.39, 0.29) is 5.91 Å². The molecule has 0 aliphatic carbocycles. The molecule has 0 aromatic heterocycles. The summed E-state index contributed by atoms with van der Waals surface area (Å²) in [4.78, 5) is 15.7. The molecule has 2 saturated heterocycles. The predicted octanol–water partition coefficient (Wildman–Crippen LogP) is 0.150. The van der Waals surface area contributed by atoms with Crippen LogP contribution in [0.4, 0.5) is 0 Å². The van der Waals surface area contributed by atoms with Crippen molar-refractivity contribution in [2.75, 3.05) is 45.8 Å². The minimum Gasteiger partial charge on any atom is -0.340 e. The van der Waals surface area contributed by atoms with Crippen molar-refractivity contribution in [3.8, 4) is 0 Å². The molecule has 2 aliphatic heterocycles. The van der Waals surface area contributed by atoms with E-state index < -0.39 is 0 Å². The number of rotatable bonds is 2. The summed E-state index contributed by atoms with van der Waals surface area (Å²) >= 11 is 0. The lowest BCUT2D eigenvalue weighted by Crippen LogP contribution is -2.50. The molecule has 16 heavy (non-hydrogen) atoms. The molecule has 2 aliphatic rings. The molecule has 0 bridgehead atoms. The Hall–Kier alpha value is -0.610. The highest BCUT2D eigenvalue weighted by atomic mass is 16.2. The SMILES string of the molecule is CC(=O)N1CCN(CC2CCCNC2)CC1. The number of amides is 1. The van der Waals surface area contributed by atoms with Crippen LogP contribution in [0.25, 0.3) is 0 Å². The van der Waals surface area contributed by atoms with Crippen LogP contribution in [0.2, 0.25) is 0 Å². The molecule has 0 aromatic carbocycles. The lowest BCUT2D eigenvalue weighted by atomic mass is 9.99. The lowest BCUT2D eigenvalue weighted by Gasteiger charge is -2.37.